The van der Waals surface area contributed by atoms with Crippen LogP contribution in [0.2, 0.25) is 0 Å². The zero-order valence-electron chi connectivity index (χ0n) is 12.2. The first-order chi connectivity index (χ1) is 9.22. The minimum absolute atomic E-state index is 0.0602. The van der Waals surface area contributed by atoms with Crippen LogP contribution in [0.3, 0.4) is 0 Å². The molecule has 0 N–H and O–H groups in total. The molecule has 2 heterocycles. The molecule has 0 aromatic rings. The molecule has 0 aromatic carbocycles. The molecule has 2 aliphatic rings. The van der Waals surface area contributed by atoms with E-state index in [0.717, 1.165) is 4.90 Å². The lowest BCUT2D eigenvalue weighted by Crippen LogP contribution is -2.26. The number of likely N-dealkylation sites (N-methyl/N-ethyl adjacent to an activating group) is 1. The number of imide groups is 2. The SMILES string of the molecule is CC1=CC(=O)N(C)C1=O.CSC1C(=O)N(C)C(=O)C1C. The van der Waals surface area contributed by atoms with Crippen molar-refractivity contribution in [2.24, 2.45) is 5.92 Å². The lowest BCUT2D eigenvalue weighted by molar-refractivity contribution is -0.138. The van der Waals surface area contributed by atoms with Crippen molar-refractivity contribution in [2.45, 2.75) is 19.1 Å². The molecule has 0 saturated carbocycles. The average molecular weight is 298 g/mol. The molecule has 6 nitrogen and oxygen atoms in total. The second-order valence-electron chi connectivity index (χ2n) is 4.71. The van der Waals surface area contributed by atoms with Gasteiger partial charge in [-0.1, -0.05) is 6.92 Å². The van der Waals surface area contributed by atoms with Gasteiger partial charge >= 0.3 is 0 Å². The molecular formula is C13H18N2O4S. The van der Waals surface area contributed by atoms with E-state index in [1.807, 2.05) is 6.26 Å². The topological polar surface area (TPSA) is 74.8 Å². The van der Waals surface area contributed by atoms with Gasteiger partial charge in [0.1, 0.15) is 0 Å². The summed E-state index contributed by atoms with van der Waals surface area (Å²) < 4.78 is 0. The van der Waals surface area contributed by atoms with Crippen molar-refractivity contribution >= 4 is 35.4 Å². The molecule has 0 aliphatic carbocycles. The van der Waals surface area contributed by atoms with E-state index in [2.05, 4.69) is 0 Å². The molecule has 0 spiro atoms. The van der Waals surface area contributed by atoms with Crippen molar-refractivity contribution < 1.29 is 19.2 Å². The van der Waals surface area contributed by atoms with E-state index in [9.17, 15) is 19.2 Å². The Morgan fingerprint density at radius 2 is 1.60 bits per heavy atom. The van der Waals surface area contributed by atoms with E-state index in [0.29, 0.717) is 5.57 Å². The number of hydrogen-bond donors (Lipinski definition) is 0. The normalized spacial score (nSPS) is 25.9. The first-order valence-corrected chi connectivity index (χ1v) is 7.35. The smallest absolute Gasteiger partial charge is 0.256 e. The third-order valence-corrected chi connectivity index (χ3v) is 4.43. The molecular weight excluding hydrogens is 280 g/mol. The Hall–Kier alpha value is -1.63. The van der Waals surface area contributed by atoms with Crippen LogP contribution in [0, 0.1) is 5.92 Å². The van der Waals surface area contributed by atoms with Gasteiger partial charge in [-0.05, 0) is 13.2 Å². The molecule has 110 valence electrons. The summed E-state index contributed by atoms with van der Waals surface area (Å²) in [5, 5.41) is -0.160. The number of carbonyl (C=O) groups excluding carboxylic acids is 4. The van der Waals surface area contributed by atoms with Crippen molar-refractivity contribution in [3.8, 4) is 0 Å². The van der Waals surface area contributed by atoms with E-state index in [4.69, 9.17) is 0 Å². The van der Waals surface area contributed by atoms with E-state index in [-0.39, 0.29) is 34.8 Å². The molecule has 2 unspecified atom stereocenters. The van der Waals surface area contributed by atoms with Gasteiger partial charge in [0.2, 0.25) is 11.8 Å². The van der Waals surface area contributed by atoms with E-state index >= 15 is 0 Å². The minimum atomic E-state index is -0.225. The lowest BCUT2D eigenvalue weighted by atomic mass is 10.1. The van der Waals surface area contributed by atoms with Crippen LogP contribution in [0.15, 0.2) is 11.6 Å². The summed E-state index contributed by atoms with van der Waals surface area (Å²) in [4.78, 5) is 46.1. The standard InChI is InChI=1S/C7H11NO2S.C6H7NO2/c1-4-5(11-3)7(10)8(2)6(4)9;1-4-3-5(8)7(2)6(4)9/h4-5H,1-3H3;3H,1-2H3. The highest BCUT2D eigenvalue weighted by molar-refractivity contribution is 8.00. The maximum Gasteiger partial charge on any atom is 0.256 e. The van der Waals surface area contributed by atoms with Gasteiger partial charge in [0, 0.05) is 25.7 Å². The van der Waals surface area contributed by atoms with Crippen LogP contribution in [0.1, 0.15) is 13.8 Å². The van der Waals surface area contributed by atoms with Gasteiger partial charge in [-0.15, -0.1) is 0 Å². The number of likely N-dealkylation sites (tertiary alicyclic amines) is 1. The van der Waals surface area contributed by atoms with E-state index in [1.54, 1.807) is 13.8 Å². The van der Waals surface area contributed by atoms with Crippen molar-refractivity contribution in [3.05, 3.63) is 11.6 Å². The Labute approximate surface area is 122 Å². The summed E-state index contributed by atoms with van der Waals surface area (Å²) in [7, 11) is 3.01. The van der Waals surface area contributed by atoms with Gasteiger partial charge < -0.3 is 0 Å². The molecule has 0 bridgehead atoms. The Balaban J connectivity index is 0.000000204. The fraction of sp³-hybridized carbons (Fsp3) is 0.538. The number of rotatable bonds is 1. The molecule has 1 saturated heterocycles. The second kappa shape index (κ2) is 6.21. The fourth-order valence-corrected chi connectivity index (χ4v) is 2.85. The number of amides is 4. The quantitative estimate of drug-likeness (QED) is 0.650. The summed E-state index contributed by atoms with van der Waals surface area (Å²) >= 11 is 1.44. The number of hydrogen-bond acceptors (Lipinski definition) is 5. The van der Waals surface area contributed by atoms with Crippen molar-refractivity contribution in [1.82, 2.24) is 9.80 Å². The molecule has 20 heavy (non-hydrogen) atoms. The zero-order chi connectivity index (χ0) is 15.6. The number of nitrogens with zero attached hydrogens (tertiary/aromatic N) is 2. The third-order valence-electron chi connectivity index (χ3n) is 3.31. The van der Waals surface area contributed by atoms with Crippen LogP contribution in [0.25, 0.3) is 0 Å². The number of thioether (sulfide) groups is 1. The molecule has 2 rings (SSSR count). The molecule has 4 amide bonds. The van der Waals surface area contributed by atoms with Gasteiger partial charge in [0.05, 0.1) is 11.2 Å². The van der Waals surface area contributed by atoms with Gasteiger partial charge in [-0.2, -0.15) is 11.8 Å². The molecule has 0 aromatic heterocycles. The van der Waals surface area contributed by atoms with Gasteiger partial charge in [0.25, 0.3) is 11.8 Å². The van der Waals surface area contributed by atoms with Crippen LogP contribution in [0.5, 0.6) is 0 Å². The summed E-state index contributed by atoms with van der Waals surface area (Å²) in [6, 6.07) is 0. The highest BCUT2D eigenvalue weighted by Gasteiger charge is 2.42. The maximum absolute atomic E-state index is 11.2. The predicted molar refractivity (Wildman–Crippen MR) is 75.8 cm³/mol. The summed E-state index contributed by atoms with van der Waals surface area (Å²) in [5.41, 5.74) is 0.516. The Kier molecular flexibility index (Phi) is 5.10. The molecule has 7 heteroatoms. The van der Waals surface area contributed by atoms with Crippen molar-refractivity contribution in [1.29, 1.82) is 0 Å². The third kappa shape index (κ3) is 2.92. The molecule has 2 aliphatic heterocycles. The lowest BCUT2D eigenvalue weighted by Gasteiger charge is -2.05. The number of carbonyl (C=O) groups is 4. The Bertz CT molecular complexity index is 501. The van der Waals surface area contributed by atoms with Crippen molar-refractivity contribution in [3.63, 3.8) is 0 Å². The molecule has 0 radical (unpaired) electrons. The van der Waals surface area contributed by atoms with Crippen LogP contribution in [0.4, 0.5) is 0 Å². The van der Waals surface area contributed by atoms with Gasteiger partial charge in [0.15, 0.2) is 0 Å². The monoisotopic (exact) mass is 298 g/mol. The first-order valence-electron chi connectivity index (χ1n) is 6.06. The highest BCUT2D eigenvalue weighted by Crippen LogP contribution is 2.27. The van der Waals surface area contributed by atoms with Gasteiger partial charge in [-0.3, -0.25) is 29.0 Å². The maximum atomic E-state index is 11.2. The minimum Gasteiger partial charge on any atom is -0.284 e. The van der Waals surface area contributed by atoms with Gasteiger partial charge in [-0.25, -0.2) is 0 Å². The van der Waals surface area contributed by atoms with Crippen molar-refractivity contribution in [2.75, 3.05) is 20.4 Å². The Morgan fingerprint density at radius 1 is 1.05 bits per heavy atom. The summed E-state index contributed by atoms with van der Waals surface area (Å²) in [6.45, 7) is 3.43. The predicted octanol–water partition coefficient (Wildman–Crippen LogP) is 0.284. The van der Waals surface area contributed by atoms with Crippen LogP contribution >= 0.6 is 11.8 Å². The molecule has 1 fully saturated rings. The van der Waals surface area contributed by atoms with Crippen LogP contribution in [-0.4, -0.2) is 59.0 Å². The average Bonchev–Trinajstić information content (AvgIpc) is 2.74. The largest absolute Gasteiger partial charge is 0.284 e. The highest BCUT2D eigenvalue weighted by atomic mass is 32.2. The second-order valence-corrected chi connectivity index (χ2v) is 5.69. The van der Waals surface area contributed by atoms with Crippen LogP contribution < -0.4 is 0 Å². The zero-order valence-corrected chi connectivity index (χ0v) is 13.0. The summed E-state index contributed by atoms with van der Waals surface area (Å²) in [6.07, 6.45) is 3.19. The van der Waals surface area contributed by atoms with E-state index in [1.165, 1.54) is 36.8 Å². The fourth-order valence-electron chi connectivity index (χ4n) is 1.96. The van der Waals surface area contributed by atoms with E-state index < -0.39 is 0 Å². The Morgan fingerprint density at radius 3 is 1.75 bits per heavy atom. The summed E-state index contributed by atoms with van der Waals surface area (Å²) in [5.74, 6) is -0.690. The van der Waals surface area contributed by atoms with Crippen LogP contribution in [-0.2, 0) is 19.2 Å². The molecule has 2 atom stereocenters. The first kappa shape index (κ1) is 16.4.